The van der Waals surface area contributed by atoms with Crippen molar-refractivity contribution in [2.45, 2.75) is 58.0 Å². The SMILES string of the molecule is CCC1CCCCN1c1ccc(C(=O)N(CC)C2CCS(=O)(=O)C2)cn1. The highest BCUT2D eigenvalue weighted by Crippen LogP contribution is 2.25. The van der Waals surface area contributed by atoms with Gasteiger partial charge in [-0.25, -0.2) is 13.4 Å². The van der Waals surface area contributed by atoms with E-state index in [1.54, 1.807) is 11.1 Å². The molecule has 6 nitrogen and oxygen atoms in total. The molecular weight excluding hydrogens is 350 g/mol. The molecule has 2 fully saturated rings. The van der Waals surface area contributed by atoms with Crippen molar-refractivity contribution in [2.75, 3.05) is 29.5 Å². The molecule has 7 heteroatoms. The molecule has 2 atom stereocenters. The summed E-state index contributed by atoms with van der Waals surface area (Å²) in [6.45, 7) is 5.62. The Morgan fingerprint density at radius 1 is 1.27 bits per heavy atom. The second kappa shape index (κ2) is 7.94. The molecule has 0 N–H and O–H groups in total. The molecule has 1 aromatic heterocycles. The quantitative estimate of drug-likeness (QED) is 0.786. The van der Waals surface area contributed by atoms with Crippen molar-refractivity contribution in [3.05, 3.63) is 23.9 Å². The Hall–Kier alpha value is -1.63. The van der Waals surface area contributed by atoms with Gasteiger partial charge in [0.2, 0.25) is 0 Å². The summed E-state index contributed by atoms with van der Waals surface area (Å²) in [5.74, 6) is 1.05. The maximum absolute atomic E-state index is 12.9. The maximum Gasteiger partial charge on any atom is 0.255 e. The highest BCUT2D eigenvalue weighted by Gasteiger charge is 2.34. The first-order chi connectivity index (χ1) is 12.4. The first kappa shape index (κ1) is 19.1. The molecule has 0 aromatic carbocycles. The largest absolute Gasteiger partial charge is 0.354 e. The first-order valence-corrected chi connectivity index (χ1v) is 11.5. The Morgan fingerprint density at radius 3 is 2.65 bits per heavy atom. The van der Waals surface area contributed by atoms with E-state index in [1.807, 2.05) is 19.1 Å². The summed E-state index contributed by atoms with van der Waals surface area (Å²) < 4.78 is 23.5. The third-order valence-electron chi connectivity index (χ3n) is 5.64. The van der Waals surface area contributed by atoms with Crippen LogP contribution in [0.25, 0.3) is 0 Å². The number of piperidine rings is 1. The number of aromatic nitrogens is 1. The maximum atomic E-state index is 12.9. The average Bonchev–Trinajstić information content (AvgIpc) is 3.02. The molecule has 2 saturated heterocycles. The molecule has 0 saturated carbocycles. The molecule has 3 heterocycles. The molecule has 26 heavy (non-hydrogen) atoms. The Balaban J connectivity index is 1.73. The molecule has 1 amide bonds. The van der Waals surface area contributed by atoms with E-state index in [-0.39, 0.29) is 23.5 Å². The smallest absolute Gasteiger partial charge is 0.255 e. The summed E-state index contributed by atoms with van der Waals surface area (Å²) in [4.78, 5) is 21.4. The lowest BCUT2D eigenvalue weighted by molar-refractivity contribution is 0.0708. The van der Waals surface area contributed by atoms with Crippen molar-refractivity contribution < 1.29 is 13.2 Å². The third kappa shape index (κ3) is 4.03. The fourth-order valence-corrected chi connectivity index (χ4v) is 5.89. The average molecular weight is 380 g/mol. The number of sulfone groups is 1. The van der Waals surface area contributed by atoms with Crippen LogP contribution in [-0.2, 0) is 9.84 Å². The van der Waals surface area contributed by atoms with Crippen LogP contribution in [0.15, 0.2) is 18.3 Å². The van der Waals surface area contributed by atoms with Gasteiger partial charge in [-0.3, -0.25) is 4.79 Å². The molecule has 3 rings (SSSR count). The number of carbonyl (C=O) groups excluding carboxylic acids is 1. The molecule has 2 unspecified atom stereocenters. The van der Waals surface area contributed by atoms with Crippen molar-refractivity contribution in [3.63, 3.8) is 0 Å². The van der Waals surface area contributed by atoms with Crippen LogP contribution in [-0.4, -0.2) is 60.9 Å². The summed E-state index contributed by atoms with van der Waals surface area (Å²) in [5, 5.41) is 0. The second-order valence-corrected chi connectivity index (χ2v) is 9.53. The van der Waals surface area contributed by atoms with Gasteiger partial charge in [0.15, 0.2) is 9.84 Å². The van der Waals surface area contributed by atoms with Crippen molar-refractivity contribution in [2.24, 2.45) is 0 Å². The van der Waals surface area contributed by atoms with E-state index in [0.29, 0.717) is 24.6 Å². The van der Waals surface area contributed by atoms with Gasteiger partial charge in [-0.05, 0) is 51.2 Å². The minimum Gasteiger partial charge on any atom is -0.354 e. The normalized spacial score (nSPS) is 25.2. The second-order valence-electron chi connectivity index (χ2n) is 7.30. The lowest BCUT2D eigenvalue weighted by Crippen LogP contribution is -2.41. The van der Waals surface area contributed by atoms with Gasteiger partial charge in [0.1, 0.15) is 5.82 Å². The van der Waals surface area contributed by atoms with E-state index in [0.717, 1.165) is 18.8 Å². The van der Waals surface area contributed by atoms with E-state index in [9.17, 15) is 13.2 Å². The van der Waals surface area contributed by atoms with Crippen LogP contribution in [0.2, 0.25) is 0 Å². The number of hydrogen-bond donors (Lipinski definition) is 0. The molecule has 2 aliphatic rings. The highest BCUT2D eigenvalue weighted by atomic mass is 32.2. The lowest BCUT2D eigenvalue weighted by Gasteiger charge is -2.36. The number of pyridine rings is 1. The zero-order valence-electron chi connectivity index (χ0n) is 15.7. The topological polar surface area (TPSA) is 70.6 Å². The van der Waals surface area contributed by atoms with Crippen molar-refractivity contribution in [1.82, 2.24) is 9.88 Å². The number of hydrogen-bond acceptors (Lipinski definition) is 5. The predicted molar refractivity (Wildman–Crippen MR) is 103 cm³/mol. The fraction of sp³-hybridized carbons (Fsp3) is 0.684. The van der Waals surface area contributed by atoms with Gasteiger partial charge in [0, 0.05) is 31.4 Å². The van der Waals surface area contributed by atoms with Crippen LogP contribution < -0.4 is 4.90 Å². The minimum absolute atomic E-state index is 0.0735. The van der Waals surface area contributed by atoms with Crippen LogP contribution in [0.3, 0.4) is 0 Å². The third-order valence-corrected chi connectivity index (χ3v) is 7.39. The fourth-order valence-electron chi connectivity index (χ4n) is 4.16. The summed E-state index contributed by atoms with van der Waals surface area (Å²) in [6, 6.07) is 4.07. The Morgan fingerprint density at radius 2 is 2.08 bits per heavy atom. The highest BCUT2D eigenvalue weighted by molar-refractivity contribution is 7.91. The van der Waals surface area contributed by atoms with Crippen molar-refractivity contribution in [3.8, 4) is 0 Å². The lowest BCUT2D eigenvalue weighted by atomic mass is 10.00. The number of carbonyl (C=O) groups is 1. The molecular formula is C19H29N3O3S. The summed E-state index contributed by atoms with van der Waals surface area (Å²) >= 11 is 0. The van der Waals surface area contributed by atoms with E-state index in [2.05, 4.69) is 16.8 Å². The van der Waals surface area contributed by atoms with Gasteiger partial charge in [-0.2, -0.15) is 0 Å². The number of nitrogens with zero attached hydrogens (tertiary/aromatic N) is 3. The van der Waals surface area contributed by atoms with Crippen LogP contribution in [0, 0.1) is 0 Å². The Bertz CT molecular complexity index is 733. The van der Waals surface area contributed by atoms with E-state index in [4.69, 9.17) is 0 Å². The van der Waals surface area contributed by atoms with Crippen LogP contribution in [0.1, 0.15) is 56.3 Å². The van der Waals surface area contributed by atoms with Gasteiger partial charge >= 0.3 is 0 Å². The van der Waals surface area contributed by atoms with E-state index in [1.165, 1.54) is 19.3 Å². The zero-order chi connectivity index (χ0) is 18.7. The summed E-state index contributed by atoms with van der Waals surface area (Å²) in [5.41, 5.74) is 0.532. The zero-order valence-corrected chi connectivity index (χ0v) is 16.5. The van der Waals surface area contributed by atoms with Gasteiger partial charge in [-0.1, -0.05) is 6.92 Å². The Labute approximate surface area is 156 Å². The van der Waals surface area contributed by atoms with E-state index < -0.39 is 9.84 Å². The monoisotopic (exact) mass is 379 g/mol. The summed E-state index contributed by atoms with van der Waals surface area (Å²) in [7, 11) is -3.01. The first-order valence-electron chi connectivity index (χ1n) is 9.69. The van der Waals surface area contributed by atoms with E-state index >= 15 is 0 Å². The molecule has 0 radical (unpaired) electrons. The van der Waals surface area contributed by atoms with Crippen molar-refractivity contribution >= 4 is 21.6 Å². The number of amides is 1. The standard InChI is InChI=1S/C19H29N3O3S/c1-3-16-7-5-6-11-22(16)18-9-8-15(13-20-18)19(23)21(4-2)17-10-12-26(24,25)14-17/h8-9,13,16-17H,3-7,10-12,14H2,1-2H3. The molecule has 2 aliphatic heterocycles. The van der Waals surface area contributed by atoms with Crippen LogP contribution >= 0.6 is 0 Å². The molecule has 144 valence electrons. The van der Waals surface area contributed by atoms with Crippen molar-refractivity contribution in [1.29, 1.82) is 0 Å². The predicted octanol–water partition coefficient (Wildman–Crippen LogP) is 2.50. The van der Waals surface area contributed by atoms with Crippen LogP contribution in [0.4, 0.5) is 5.82 Å². The van der Waals surface area contributed by atoms with Crippen LogP contribution in [0.5, 0.6) is 0 Å². The molecule has 0 bridgehead atoms. The van der Waals surface area contributed by atoms with Gasteiger partial charge in [0.25, 0.3) is 5.91 Å². The molecule has 0 aliphatic carbocycles. The van der Waals surface area contributed by atoms with Gasteiger partial charge in [0.05, 0.1) is 17.1 Å². The minimum atomic E-state index is -3.01. The summed E-state index contributed by atoms with van der Waals surface area (Å²) in [6.07, 6.45) is 6.91. The van der Waals surface area contributed by atoms with Gasteiger partial charge in [-0.15, -0.1) is 0 Å². The molecule has 0 spiro atoms. The number of anilines is 1. The number of rotatable bonds is 5. The Kier molecular flexibility index (Phi) is 5.85. The molecule has 1 aromatic rings. The van der Waals surface area contributed by atoms with Gasteiger partial charge < -0.3 is 9.80 Å².